The van der Waals surface area contributed by atoms with E-state index in [1.807, 2.05) is 19.1 Å². The summed E-state index contributed by atoms with van der Waals surface area (Å²) < 4.78 is 38.0. The summed E-state index contributed by atoms with van der Waals surface area (Å²) in [5, 5.41) is 2.75. The number of benzene rings is 1. The summed E-state index contributed by atoms with van der Waals surface area (Å²) in [4.78, 5) is 16.5. The minimum atomic E-state index is -3.68. The smallest absolute Gasteiger partial charge is 0.241 e. The minimum Gasteiger partial charge on any atom is -0.475 e. The molecular formula is C21H29N3O5S. The zero-order chi connectivity index (χ0) is 22.1. The van der Waals surface area contributed by atoms with Crippen molar-refractivity contribution in [1.82, 2.24) is 15.0 Å². The van der Waals surface area contributed by atoms with Crippen molar-refractivity contribution in [3.05, 3.63) is 52.7 Å². The molecule has 0 radical (unpaired) electrons. The summed E-state index contributed by atoms with van der Waals surface area (Å²) in [5.41, 5.74) is 3.19. The van der Waals surface area contributed by atoms with Crippen LogP contribution in [-0.4, -0.2) is 46.2 Å². The second kappa shape index (κ2) is 11.1. The van der Waals surface area contributed by atoms with Crippen LogP contribution >= 0.6 is 0 Å². The Bertz CT molecular complexity index is 936. The topological polar surface area (TPSA) is 107 Å². The Kier molecular flexibility index (Phi) is 8.76. The number of carbonyl (C=O) groups excluding carboxylic acids is 1. The Morgan fingerprint density at radius 1 is 1.10 bits per heavy atom. The first kappa shape index (κ1) is 23.8. The van der Waals surface area contributed by atoms with Gasteiger partial charge in [0, 0.05) is 38.9 Å². The molecule has 1 amide bonds. The molecule has 8 nitrogen and oxygen atoms in total. The number of hydrogen-bond acceptors (Lipinski definition) is 6. The van der Waals surface area contributed by atoms with Gasteiger partial charge in [-0.3, -0.25) is 4.79 Å². The summed E-state index contributed by atoms with van der Waals surface area (Å²) in [5.74, 6) is 0.230. The zero-order valence-electron chi connectivity index (χ0n) is 17.8. The molecule has 0 saturated heterocycles. The van der Waals surface area contributed by atoms with Crippen LogP contribution in [0.2, 0.25) is 0 Å². The number of ether oxygens (including phenoxy) is 2. The highest BCUT2D eigenvalue weighted by Gasteiger charge is 2.19. The highest BCUT2D eigenvalue weighted by Crippen LogP contribution is 2.21. The lowest BCUT2D eigenvalue weighted by Gasteiger charge is -2.13. The van der Waals surface area contributed by atoms with Gasteiger partial charge >= 0.3 is 0 Å². The molecule has 0 spiro atoms. The SMILES string of the molecule is COCCOc1ccc(CNC(=O)CCNS(=O)(=O)c2c(C)cc(C)cc2C)cn1. The molecule has 1 heterocycles. The standard InChI is InChI=1S/C21H29N3O5S/c1-15-11-16(2)21(17(3)12-15)30(26,27)24-8-7-19(25)22-13-18-5-6-20(23-14-18)29-10-9-28-4/h5-6,11-12,14,24H,7-10,13H2,1-4H3,(H,22,25). The van der Waals surface area contributed by atoms with Crippen LogP contribution in [0.1, 0.15) is 28.7 Å². The van der Waals surface area contributed by atoms with Gasteiger partial charge in [0.05, 0.1) is 11.5 Å². The summed E-state index contributed by atoms with van der Waals surface area (Å²) >= 11 is 0. The van der Waals surface area contributed by atoms with Gasteiger partial charge in [0.15, 0.2) is 0 Å². The van der Waals surface area contributed by atoms with E-state index in [0.717, 1.165) is 11.1 Å². The van der Waals surface area contributed by atoms with Crippen LogP contribution in [0.15, 0.2) is 35.4 Å². The lowest BCUT2D eigenvalue weighted by atomic mass is 10.1. The number of amides is 1. The second-order valence-corrected chi connectivity index (χ2v) is 8.70. The van der Waals surface area contributed by atoms with Crippen LogP contribution in [0.25, 0.3) is 0 Å². The number of rotatable bonds is 11. The van der Waals surface area contributed by atoms with Crippen LogP contribution < -0.4 is 14.8 Å². The molecule has 0 aliphatic rings. The summed E-state index contributed by atoms with van der Waals surface area (Å²) in [6.07, 6.45) is 1.66. The van der Waals surface area contributed by atoms with Crippen LogP contribution in [0, 0.1) is 20.8 Å². The van der Waals surface area contributed by atoms with Gasteiger partial charge in [0.1, 0.15) is 6.61 Å². The average molecular weight is 436 g/mol. The third-order valence-electron chi connectivity index (χ3n) is 4.34. The lowest BCUT2D eigenvalue weighted by Crippen LogP contribution is -2.31. The fourth-order valence-corrected chi connectivity index (χ4v) is 4.56. The number of carbonyl (C=O) groups is 1. The van der Waals surface area contributed by atoms with Crippen LogP contribution in [0.3, 0.4) is 0 Å². The van der Waals surface area contributed by atoms with Gasteiger partial charge in [-0.25, -0.2) is 18.1 Å². The predicted molar refractivity (Wildman–Crippen MR) is 114 cm³/mol. The number of methoxy groups -OCH3 is 1. The van der Waals surface area contributed by atoms with Crippen LogP contribution in [0.5, 0.6) is 5.88 Å². The monoisotopic (exact) mass is 435 g/mol. The third-order valence-corrected chi connectivity index (χ3v) is 6.11. The van der Waals surface area contributed by atoms with E-state index in [1.54, 1.807) is 39.3 Å². The second-order valence-electron chi connectivity index (χ2n) is 7.00. The van der Waals surface area contributed by atoms with Crippen molar-refractivity contribution in [1.29, 1.82) is 0 Å². The van der Waals surface area contributed by atoms with Crippen molar-refractivity contribution in [2.45, 2.75) is 38.6 Å². The number of nitrogens with one attached hydrogen (secondary N) is 2. The predicted octanol–water partition coefficient (Wildman–Crippen LogP) is 2.02. The molecular weight excluding hydrogens is 406 g/mol. The molecule has 0 saturated carbocycles. The van der Waals surface area contributed by atoms with E-state index in [-0.39, 0.29) is 23.8 Å². The molecule has 30 heavy (non-hydrogen) atoms. The van der Waals surface area contributed by atoms with E-state index in [0.29, 0.717) is 36.8 Å². The van der Waals surface area contributed by atoms with Crippen molar-refractivity contribution in [2.75, 3.05) is 26.9 Å². The summed E-state index contributed by atoms with van der Waals surface area (Å²) in [7, 11) is -2.08. The molecule has 0 atom stereocenters. The molecule has 1 aromatic heterocycles. The molecule has 2 N–H and O–H groups in total. The fraction of sp³-hybridized carbons (Fsp3) is 0.429. The number of aryl methyl sites for hydroxylation is 3. The van der Waals surface area contributed by atoms with Gasteiger partial charge < -0.3 is 14.8 Å². The van der Waals surface area contributed by atoms with E-state index in [9.17, 15) is 13.2 Å². The molecule has 0 bridgehead atoms. The van der Waals surface area contributed by atoms with E-state index in [4.69, 9.17) is 9.47 Å². The van der Waals surface area contributed by atoms with Crippen molar-refractivity contribution in [3.63, 3.8) is 0 Å². The Balaban J connectivity index is 1.80. The number of pyridine rings is 1. The van der Waals surface area contributed by atoms with Crippen molar-refractivity contribution in [3.8, 4) is 5.88 Å². The quantitative estimate of drug-likeness (QED) is 0.523. The number of aromatic nitrogens is 1. The molecule has 0 fully saturated rings. The third kappa shape index (κ3) is 7.08. The zero-order valence-corrected chi connectivity index (χ0v) is 18.6. The van der Waals surface area contributed by atoms with Crippen molar-refractivity contribution >= 4 is 15.9 Å². The lowest BCUT2D eigenvalue weighted by molar-refractivity contribution is -0.121. The number of hydrogen-bond donors (Lipinski definition) is 2. The maximum Gasteiger partial charge on any atom is 0.241 e. The first-order valence-corrected chi connectivity index (χ1v) is 11.1. The van der Waals surface area contributed by atoms with E-state index >= 15 is 0 Å². The van der Waals surface area contributed by atoms with Gasteiger partial charge in [-0.15, -0.1) is 0 Å². The molecule has 0 aliphatic carbocycles. The molecule has 164 valence electrons. The van der Waals surface area contributed by atoms with Gasteiger partial charge in [-0.05, 0) is 37.5 Å². The first-order valence-electron chi connectivity index (χ1n) is 9.64. The molecule has 9 heteroatoms. The molecule has 0 unspecified atom stereocenters. The molecule has 1 aromatic carbocycles. The van der Waals surface area contributed by atoms with Gasteiger partial charge in [0.25, 0.3) is 0 Å². The van der Waals surface area contributed by atoms with Crippen LogP contribution in [-0.2, 0) is 26.1 Å². The van der Waals surface area contributed by atoms with Gasteiger partial charge in [-0.1, -0.05) is 23.8 Å². The fourth-order valence-electron chi connectivity index (χ4n) is 3.08. The Morgan fingerprint density at radius 3 is 2.40 bits per heavy atom. The normalized spacial score (nSPS) is 11.3. The molecule has 2 rings (SSSR count). The number of nitrogens with zero attached hydrogens (tertiary/aromatic N) is 1. The van der Waals surface area contributed by atoms with E-state index < -0.39 is 10.0 Å². The number of sulfonamides is 1. The highest BCUT2D eigenvalue weighted by molar-refractivity contribution is 7.89. The molecule has 0 aliphatic heterocycles. The largest absolute Gasteiger partial charge is 0.475 e. The van der Waals surface area contributed by atoms with Crippen molar-refractivity contribution in [2.24, 2.45) is 0 Å². The minimum absolute atomic E-state index is 0.0193. The van der Waals surface area contributed by atoms with Crippen molar-refractivity contribution < 1.29 is 22.7 Å². The Labute approximate surface area is 178 Å². The van der Waals surface area contributed by atoms with E-state index in [2.05, 4.69) is 15.0 Å². The van der Waals surface area contributed by atoms with E-state index in [1.165, 1.54) is 0 Å². The average Bonchev–Trinajstić information content (AvgIpc) is 2.66. The van der Waals surface area contributed by atoms with Gasteiger partial charge in [-0.2, -0.15) is 0 Å². The van der Waals surface area contributed by atoms with Gasteiger partial charge in [0.2, 0.25) is 21.8 Å². The molecule has 2 aromatic rings. The Morgan fingerprint density at radius 2 is 1.80 bits per heavy atom. The highest BCUT2D eigenvalue weighted by atomic mass is 32.2. The Hall–Kier alpha value is -2.49. The van der Waals surface area contributed by atoms with Crippen LogP contribution in [0.4, 0.5) is 0 Å². The maximum absolute atomic E-state index is 12.6. The first-order chi connectivity index (χ1) is 14.2. The maximum atomic E-state index is 12.6. The summed E-state index contributed by atoms with van der Waals surface area (Å²) in [6, 6.07) is 7.19. The summed E-state index contributed by atoms with van der Waals surface area (Å²) in [6.45, 7) is 6.67.